The van der Waals surface area contributed by atoms with Gasteiger partial charge in [0.15, 0.2) is 5.16 Å². The molecule has 178 valence electrons. The second kappa shape index (κ2) is 10.7. The molecule has 0 radical (unpaired) electrons. The fourth-order valence-corrected chi connectivity index (χ4v) is 4.64. The Morgan fingerprint density at radius 3 is 2.47 bits per heavy atom. The average molecular weight is 507 g/mol. The van der Waals surface area contributed by atoms with Crippen molar-refractivity contribution in [3.63, 3.8) is 0 Å². The third kappa shape index (κ3) is 6.42. The maximum absolute atomic E-state index is 12.8. The monoisotopic (exact) mass is 506 g/mol. The highest BCUT2D eigenvalue weighted by Crippen LogP contribution is 2.29. The van der Waals surface area contributed by atoms with Gasteiger partial charge in [-0.2, -0.15) is 13.2 Å². The Kier molecular flexibility index (Phi) is 7.63. The normalized spacial score (nSPS) is 13.8. The summed E-state index contributed by atoms with van der Waals surface area (Å²) >= 11 is 7.64. The summed E-state index contributed by atoms with van der Waals surface area (Å²) in [6.07, 6.45) is -2.13. The Morgan fingerprint density at radius 2 is 1.76 bits per heavy atom. The molecule has 0 atom stereocenters. The molecule has 1 aliphatic heterocycles. The first-order valence-corrected chi connectivity index (χ1v) is 12.1. The van der Waals surface area contributed by atoms with Crippen molar-refractivity contribution < 1.29 is 18.0 Å². The Morgan fingerprint density at radius 1 is 1.03 bits per heavy atom. The number of benzene rings is 2. The topological polar surface area (TPSA) is 58.1 Å². The summed E-state index contributed by atoms with van der Waals surface area (Å²) in [7, 11) is 0. The summed E-state index contributed by atoms with van der Waals surface area (Å²) in [5.74, 6) is 1.09. The lowest BCUT2D eigenvalue weighted by Crippen LogP contribution is -2.23. The largest absolute Gasteiger partial charge is 0.416 e. The van der Waals surface area contributed by atoms with E-state index in [1.807, 2.05) is 12.1 Å². The summed E-state index contributed by atoms with van der Waals surface area (Å²) in [6.45, 7) is 1.94. The number of halogens is 4. The minimum Gasteiger partial charge on any atom is -0.356 e. The summed E-state index contributed by atoms with van der Waals surface area (Å²) in [5.41, 5.74) is 1.05. The van der Waals surface area contributed by atoms with Crippen LogP contribution in [0, 0.1) is 0 Å². The van der Waals surface area contributed by atoms with E-state index in [2.05, 4.69) is 20.2 Å². The lowest BCUT2D eigenvalue weighted by atomic mass is 10.1. The van der Waals surface area contributed by atoms with E-state index in [-0.39, 0.29) is 12.5 Å². The average Bonchev–Trinajstić information content (AvgIpc) is 3.36. The van der Waals surface area contributed by atoms with Crippen LogP contribution in [0.4, 0.5) is 19.0 Å². The highest BCUT2D eigenvalue weighted by molar-refractivity contribution is 7.98. The Labute approximate surface area is 204 Å². The van der Waals surface area contributed by atoms with E-state index in [1.165, 1.54) is 17.8 Å². The van der Waals surface area contributed by atoms with E-state index >= 15 is 0 Å². The van der Waals surface area contributed by atoms with Crippen molar-refractivity contribution in [1.29, 1.82) is 0 Å². The van der Waals surface area contributed by atoms with Crippen LogP contribution in [-0.2, 0) is 18.5 Å². The van der Waals surface area contributed by atoms with Crippen molar-refractivity contribution in [2.45, 2.75) is 36.5 Å². The number of anilines is 1. The number of amides is 1. The number of hydrogen-bond donors (Lipinski definition) is 1. The SMILES string of the molecule is O=C(NCc1cccc(C(F)(F)F)c1)c1ccc(CSc2nc(Cl)cc(N3CCCC3)n2)cc1. The molecule has 1 saturated heterocycles. The van der Waals surface area contributed by atoms with Gasteiger partial charge in [-0.1, -0.05) is 47.6 Å². The zero-order chi connectivity index (χ0) is 24.1. The molecule has 0 aliphatic carbocycles. The number of rotatable bonds is 7. The van der Waals surface area contributed by atoms with Gasteiger partial charge in [-0.15, -0.1) is 0 Å². The van der Waals surface area contributed by atoms with Crippen LogP contribution >= 0.6 is 23.4 Å². The predicted molar refractivity (Wildman–Crippen MR) is 127 cm³/mol. The van der Waals surface area contributed by atoms with Gasteiger partial charge in [0.1, 0.15) is 11.0 Å². The molecule has 1 N–H and O–H groups in total. The molecule has 1 fully saturated rings. The molecule has 1 amide bonds. The first kappa shape index (κ1) is 24.3. The van der Waals surface area contributed by atoms with Crippen LogP contribution < -0.4 is 10.2 Å². The number of thioether (sulfide) groups is 1. The smallest absolute Gasteiger partial charge is 0.356 e. The number of carbonyl (C=O) groups excluding carboxylic acids is 1. The minimum absolute atomic E-state index is 0.00577. The van der Waals surface area contributed by atoms with E-state index in [4.69, 9.17) is 11.6 Å². The van der Waals surface area contributed by atoms with Gasteiger partial charge in [-0.3, -0.25) is 4.79 Å². The lowest BCUT2D eigenvalue weighted by molar-refractivity contribution is -0.137. The molecular weight excluding hydrogens is 485 g/mol. The Bertz CT molecular complexity index is 1150. The fraction of sp³-hybridized carbons (Fsp3) is 0.292. The molecule has 5 nitrogen and oxygen atoms in total. The quantitative estimate of drug-likeness (QED) is 0.243. The summed E-state index contributed by atoms with van der Waals surface area (Å²) in [5, 5.41) is 3.66. The van der Waals surface area contributed by atoms with Crippen LogP contribution in [0.1, 0.15) is 39.9 Å². The Balaban J connectivity index is 1.32. The second-order valence-electron chi connectivity index (χ2n) is 7.89. The molecule has 0 bridgehead atoms. The third-order valence-electron chi connectivity index (χ3n) is 5.38. The first-order chi connectivity index (χ1) is 16.3. The number of alkyl halides is 3. The van der Waals surface area contributed by atoms with Gasteiger partial charge in [0.25, 0.3) is 5.91 Å². The van der Waals surface area contributed by atoms with Gasteiger partial charge >= 0.3 is 6.18 Å². The molecule has 0 spiro atoms. The fourth-order valence-electron chi connectivity index (χ4n) is 3.60. The van der Waals surface area contributed by atoms with Gasteiger partial charge < -0.3 is 10.2 Å². The molecule has 2 heterocycles. The molecule has 2 aromatic carbocycles. The molecule has 0 unspecified atom stereocenters. The highest BCUT2D eigenvalue weighted by Gasteiger charge is 2.30. The van der Waals surface area contributed by atoms with Crippen molar-refractivity contribution in [2.24, 2.45) is 0 Å². The van der Waals surface area contributed by atoms with E-state index in [0.717, 1.165) is 49.4 Å². The van der Waals surface area contributed by atoms with Gasteiger partial charge in [-0.25, -0.2) is 9.97 Å². The lowest BCUT2D eigenvalue weighted by Gasteiger charge is -2.16. The van der Waals surface area contributed by atoms with Crippen LogP contribution in [0.5, 0.6) is 0 Å². The van der Waals surface area contributed by atoms with E-state index in [1.54, 1.807) is 24.3 Å². The van der Waals surface area contributed by atoms with Crippen molar-refractivity contribution in [2.75, 3.05) is 18.0 Å². The highest BCUT2D eigenvalue weighted by atomic mass is 35.5. The summed E-state index contributed by atoms with van der Waals surface area (Å²) in [4.78, 5) is 23.5. The van der Waals surface area contributed by atoms with Crippen molar-refractivity contribution in [3.8, 4) is 0 Å². The molecule has 10 heteroatoms. The van der Waals surface area contributed by atoms with Crippen molar-refractivity contribution in [1.82, 2.24) is 15.3 Å². The van der Waals surface area contributed by atoms with E-state index < -0.39 is 11.7 Å². The number of nitrogens with one attached hydrogen (secondary N) is 1. The van der Waals surface area contributed by atoms with Gasteiger partial charge in [-0.05, 0) is 48.2 Å². The molecule has 34 heavy (non-hydrogen) atoms. The zero-order valence-electron chi connectivity index (χ0n) is 18.1. The molecule has 3 aromatic rings. The second-order valence-corrected chi connectivity index (χ2v) is 9.22. The summed E-state index contributed by atoms with van der Waals surface area (Å²) < 4.78 is 38.5. The number of hydrogen-bond acceptors (Lipinski definition) is 5. The molecule has 1 aromatic heterocycles. The molecular formula is C24H22ClF3N4OS. The first-order valence-electron chi connectivity index (χ1n) is 10.7. The van der Waals surface area contributed by atoms with Crippen LogP contribution in [0.25, 0.3) is 0 Å². The van der Waals surface area contributed by atoms with E-state index in [0.29, 0.717) is 27.2 Å². The number of nitrogens with zero attached hydrogens (tertiary/aromatic N) is 3. The van der Waals surface area contributed by atoms with Crippen LogP contribution in [0.2, 0.25) is 5.15 Å². The number of aromatic nitrogens is 2. The minimum atomic E-state index is -4.42. The standard InChI is InChI=1S/C24H22ClF3N4OS/c25-20-13-21(32-10-1-2-11-32)31-23(30-20)34-15-16-6-8-18(9-7-16)22(33)29-14-17-4-3-5-19(12-17)24(26,27)28/h3-9,12-13H,1-2,10-11,14-15H2,(H,29,33). The van der Waals surface area contributed by atoms with Crippen molar-refractivity contribution >= 4 is 35.1 Å². The predicted octanol–water partition coefficient (Wildman–Crippen LogP) is 5.97. The zero-order valence-corrected chi connectivity index (χ0v) is 19.7. The number of carbonyl (C=O) groups is 1. The molecule has 4 rings (SSSR count). The maximum atomic E-state index is 12.8. The van der Waals surface area contributed by atoms with Crippen LogP contribution in [-0.4, -0.2) is 29.0 Å². The molecule has 0 saturated carbocycles. The van der Waals surface area contributed by atoms with Gasteiger partial charge in [0, 0.05) is 37.0 Å². The molecule has 1 aliphatic rings. The van der Waals surface area contributed by atoms with E-state index in [9.17, 15) is 18.0 Å². The maximum Gasteiger partial charge on any atom is 0.416 e. The Hall–Kier alpha value is -2.78. The van der Waals surface area contributed by atoms with Crippen LogP contribution in [0.15, 0.2) is 59.8 Å². The van der Waals surface area contributed by atoms with Gasteiger partial charge in [0.05, 0.1) is 5.56 Å². The summed E-state index contributed by atoms with van der Waals surface area (Å²) in [6, 6.07) is 13.7. The van der Waals surface area contributed by atoms with Gasteiger partial charge in [0.2, 0.25) is 0 Å². The van der Waals surface area contributed by atoms with Crippen molar-refractivity contribution in [3.05, 3.63) is 82.0 Å². The van der Waals surface area contributed by atoms with Crippen LogP contribution in [0.3, 0.4) is 0 Å². The third-order valence-corrected chi connectivity index (χ3v) is 6.49.